The molecule has 0 bridgehead atoms. The van der Waals surface area contributed by atoms with Crippen LogP contribution in [0.3, 0.4) is 0 Å². The Labute approximate surface area is 212 Å². The van der Waals surface area contributed by atoms with Gasteiger partial charge < -0.3 is 9.84 Å². The van der Waals surface area contributed by atoms with E-state index < -0.39 is 11.9 Å². The lowest BCUT2D eigenvalue weighted by atomic mass is 10.1. The number of nitrogens with zero attached hydrogens (tertiary/aromatic N) is 3. The Morgan fingerprint density at radius 3 is 2.22 bits per heavy atom. The van der Waals surface area contributed by atoms with Gasteiger partial charge in [-0.3, -0.25) is 4.90 Å². The summed E-state index contributed by atoms with van der Waals surface area (Å²) < 4.78 is 22.5. The van der Waals surface area contributed by atoms with Crippen LogP contribution < -0.4 is 4.74 Å². The highest BCUT2D eigenvalue weighted by atomic mass is 19.1. The van der Waals surface area contributed by atoms with Crippen molar-refractivity contribution >= 4 is 0 Å². The largest absolute Gasteiger partial charge is 0.435 e. The lowest BCUT2D eigenvalue weighted by Crippen LogP contribution is -2.35. The fraction of sp³-hybridized carbons (Fsp3) is 0.300. The molecule has 1 aromatic heterocycles. The van der Waals surface area contributed by atoms with Gasteiger partial charge in [0.25, 0.3) is 0 Å². The summed E-state index contributed by atoms with van der Waals surface area (Å²) in [4.78, 5) is 2.23. The molecule has 1 atom stereocenters. The standard InChI is InChI=1S/C30H34FN3O2/c1-22(2)19-33(20-26(35)18-24-12-6-4-7-13-24)21-27-23(3)32-34(25-14-8-5-9-15-25)30(27)36-29-17-11-10-16-28(29)31/h4-17,22,26,35H,18-21H2,1-3H3/t26-/m0/s1. The molecular weight excluding hydrogens is 453 g/mol. The molecule has 0 aliphatic rings. The van der Waals surface area contributed by atoms with Crippen LogP contribution in [0.25, 0.3) is 5.69 Å². The number of hydrogen-bond donors (Lipinski definition) is 1. The molecule has 0 fully saturated rings. The van der Waals surface area contributed by atoms with Crippen LogP contribution in [0, 0.1) is 18.7 Å². The van der Waals surface area contributed by atoms with E-state index in [0.717, 1.165) is 29.1 Å². The maximum Gasteiger partial charge on any atom is 0.227 e. The predicted octanol–water partition coefficient (Wildman–Crippen LogP) is 6.17. The van der Waals surface area contributed by atoms with Crippen LogP contribution in [0.4, 0.5) is 4.39 Å². The molecular formula is C30H34FN3O2. The smallest absolute Gasteiger partial charge is 0.227 e. The van der Waals surface area contributed by atoms with Crippen LogP contribution in [0.2, 0.25) is 0 Å². The molecule has 0 unspecified atom stereocenters. The highest BCUT2D eigenvalue weighted by molar-refractivity contribution is 5.43. The summed E-state index contributed by atoms with van der Waals surface area (Å²) >= 11 is 0. The van der Waals surface area contributed by atoms with E-state index >= 15 is 0 Å². The first-order valence-electron chi connectivity index (χ1n) is 12.4. The quantitative estimate of drug-likeness (QED) is 0.275. The van der Waals surface area contributed by atoms with Crippen molar-refractivity contribution in [2.24, 2.45) is 5.92 Å². The zero-order valence-corrected chi connectivity index (χ0v) is 21.1. The summed E-state index contributed by atoms with van der Waals surface area (Å²) in [7, 11) is 0. The molecule has 0 amide bonds. The second-order valence-electron chi connectivity index (χ2n) is 9.58. The molecule has 0 radical (unpaired) electrons. The van der Waals surface area contributed by atoms with Crippen molar-refractivity contribution in [3.63, 3.8) is 0 Å². The summed E-state index contributed by atoms with van der Waals surface area (Å²) in [6.07, 6.45) is 0.0579. The van der Waals surface area contributed by atoms with E-state index in [9.17, 15) is 9.50 Å². The fourth-order valence-corrected chi connectivity index (χ4v) is 4.39. The van der Waals surface area contributed by atoms with E-state index in [1.807, 2.05) is 67.6 Å². The third-order valence-electron chi connectivity index (χ3n) is 5.97. The number of rotatable bonds is 11. The van der Waals surface area contributed by atoms with Gasteiger partial charge in [0.2, 0.25) is 5.88 Å². The van der Waals surface area contributed by atoms with Crippen molar-refractivity contribution in [1.82, 2.24) is 14.7 Å². The highest BCUT2D eigenvalue weighted by Gasteiger charge is 2.24. The maximum atomic E-state index is 14.6. The molecule has 36 heavy (non-hydrogen) atoms. The lowest BCUT2D eigenvalue weighted by molar-refractivity contribution is 0.101. The van der Waals surface area contributed by atoms with Crippen LogP contribution in [0.5, 0.6) is 11.6 Å². The number of halogens is 1. The number of ether oxygens (including phenoxy) is 1. The van der Waals surface area contributed by atoms with Gasteiger partial charge in [-0.1, -0.05) is 74.5 Å². The Balaban J connectivity index is 1.65. The molecule has 1 N–H and O–H groups in total. The van der Waals surface area contributed by atoms with Crippen LogP contribution in [-0.2, 0) is 13.0 Å². The zero-order chi connectivity index (χ0) is 25.5. The molecule has 0 spiro atoms. The third kappa shape index (κ3) is 6.59. The number of hydrogen-bond acceptors (Lipinski definition) is 4. The van der Waals surface area contributed by atoms with E-state index in [-0.39, 0.29) is 5.75 Å². The number of benzene rings is 3. The first-order chi connectivity index (χ1) is 17.4. The lowest BCUT2D eigenvalue weighted by Gasteiger charge is -2.27. The average molecular weight is 488 g/mol. The van der Waals surface area contributed by atoms with Crippen LogP contribution >= 0.6 is 0 Å². The average Bonchev–Trinajstić information content (AvgIpc) is 3.16. The number of aliphatic hydroxyl groups is 1. The normalized spacial score (nSPS) is 12.3. The van der Waals surface area contributed by atoms with Crippen molar-refractivity contribution in [3.05, 3.63) is 108 Å². The zero-order valence-electron chi connectivity index (χ0n) is 21.1. The Hall–Kier alpha value is -3.48. The van der Waals surface area contributed by atoms with E-state index in [1.165, 1.54) is 6.07 Å². The minimum Gasteiger partial charge on any atom is -0.435 e. The molecule has 188 valence electrons. The summed E-state index contributed by atoms with van der Waals surface area (Å²) in [5.41, 5.74) is 3.61. The monoisotopic (exact) mass is 487 g/mol. The summed E-state index contributed by atoms with van der Waals surface area (Å²) in [5.74, 6) is 0.596. The van der Waals surface area contributed by atoms with Gasteiger partial charge in [0, 0.05) is 19.6 Å². The first-order valence-corrected chi connectivity index (χ1v) is 12.4. The highest BCUT2D eigenvalue weighted by Crippen LogP contribution is 2.33. The Morgan fingerprint density at radius 1 is 0.917 bits per heavy atom. The molecule has 0 saturated heterocycles. The predicted molar refractivity (Wildman–Crippen MR) is 141 cm³/mol. The van der Waals surface area contributed by atoms with Crippen LogP contribution in [0.1, 0.15) is 30.7 Å². The van der Waals surface area contributed by atoms with Crippen LogP contribution in [-0.4, -0.2) is 39.0 Å². The number of aromatic nitrogens is 2. The van der Waals surface area contributed by atoms with Gasteiger partial charge in [-0.25, -0.2) is 9.07 Å². The minimum atomic E-state index is -0.522. The molecule has 0 saturated carbocycles. The van der Waals surface area contributed by atoms with Gasteiger partial charge in [0.05, 0.1) is 23.0 Å². The van der Waals surface area contributed by atoms with Gasteiger partial charge in [-0.2, -0.15) is 5.10 Å². The third-order valence-corrected chi connectivity index (χ3v) is 5.97. The van der Waals surface area contributed by atoms with Gasteiger partial charge in [0.1, 0.15) is 0 Å². The molecule has 3 aromatic carbocycles. The van der Waals surface area contributed by atoms with E-state index in [4.69, 9.17) is 9.84 Å². The van der Waals surface area contributed by atoms with E-state index in [0.29, 0.717) is 31.3 Å². The Morgan fingerprint density at radius 2 is 1.56 bits per heavy atom. The number of para-hydroxylation sites is 2. The minimum absolute atomic E-state index is 0.148. The Bertz CT molecular complexity index is 1240. The topological polar surface area (TPSA) is 50.5 Å². The maximum absolute atomic E-state index is 14.6. The van der Waals surface area contributed by atoms with E-state index in [1.54, 1.807) is 22.9 Å². The summed E-state index contributed by atoms with van der Waals surface area (Å²) in [6, 6.07) is 26.1. The Kier molecular flexibility index (Phi) is 8.52. The number of aryl methyl sites for hydroxylation is 1. The van der Waals surface area contributed by atoms with Crippen molar-refractivity contribution in [2.75, 3.05) is 13.1 Å². The van der Waals surface area contributed by atoms with Crippen molar-refractivity contribution < 1.29 is 14.2 Å². The van der Waals surface area contributed by atoms with Gasteiger partial charge in [-0.05, 0) is 49.1 Å². The molecule has 6 heteroatoms. The second-order valence-corrected chi connectivity index (χ2v) is 9.58. The summed E-state index contributed by atoms with van der Waals surface area (Å²) in [6.45, 7) is 8.08. The molecule has 1 heterocycles. The van der Waals surface area contributed by atoms with Gasteiger partial charge in [-0.15, -0.1) is 0 Å². The first kappa shape index (κ1) is 25.6. The molecule has 0 aliphatic carbocycles. The second kappa shape index (κ2) is 12.0. The fourth-order valence-electron chi connectivity index (χ4n) is 4.39. The SMILES string of the molecule is Cc1nn(-c2ccccc2)c(Oc2ccccc2F)c1CN(CC(C)C)C[C@@H](O)Cc1ccccc1. The summed E-state index contributed by atoms with van der Waals surface area (Å²) in [5, 5.41) is 15.7. The molecule has 4 aromatic rings. The molecule has 4 rings (SSSR count). The molecule has 0 aliphatic heterocycles. The van der Waals surface area contributed by atoms with Crippen LogP contribution in [0.15, 0.2) is 84.9 Å². The molecule has 5 nitrogen and oxygen atoms in total. The van der Waals surface area contributed by atoms with Crippen molar-refractivity contribution in [2.45, 2.75) is 39.8 Å². The number of aliphatic hydroxyl groups excluding tert-OH is 1. The van der Waals surface area contributed by atoms with Crippen molar-refractivity contribution in [3.8, 4) is 17.3 Å². The van der Waals surface area contributed by atoms with Gasteiger partial charge in [0.15, 0.2) is 11.6 Å². The van der Waals surface area contributed by atoms with Crippen molar-refractivity contribution in [1.29, 1.82) is 0 Å². The van der Waals surface area contributed by atoms with Gasteiger partial charge >= 0.3 is 0 Å². The van der Waals surface area contributed by atoms with E-state index in [2.05, 4.69) is 18.7 Å².